The predicted molar refractivity (Wildman–Crippen MR) is 58.2 cm³/mol. The smallest absolute Gasteiger partial charge is 0.159 e. The summed E-state index contributed by atoms with van der Waals surface area (Å²) in [4.78, 5) is 11.5. The minimum absolute atomic E-state index is 0.0623. The van der Waals surface area contributed by atoms with Crippen molar-refractivity contribution in [1.29, 1.82) is 0 Å². The summed E-state index contributed by atoms with van der Waals surface area (Å²) in [6.45, 7) is 1.78. The molecule has 0 heterocycles. The van der Waals surface area contributed by atoms with Gasteiger partial charge in [0.2, 0.25) is 0 Å². The van der Waals surface area contributed by atoms with Crippen LogP contribution in [0.15, 0.2) is 18.2 Å². The standard InChI is InChI=1S/C12H15F2NO/c1-3-12(16)11(15-2)7-8-4-5-9(13)10(14)6-8/h4-6,11,15H,3,7H2,1-2H3. The van der Waals surface area contributed by atoms with Crippen LogP contribution in [0, 0.1) is 11.6 Å². The first-order chi connectivity index (χ1) is 7.58. The molecule has 0 amide bonds. The molecular weight excluding hydrogens is 212 g/mol. The van der Waals surface area contributed by atoms with Gasteiger partial charge in [0.25, 0.3) is 0 Å². The summed E-state index contributed by atoms with van der Waals surface area (Å²) in [5.41, 5.74) is 0.611. The van der Waals surface area contributed by atoms with E-state index in [0.717, 1.165) is 12.1 Å². The highest BCUT2D eigenvalue weighted by molar-refractivity contribution is 5.83. The lowest BCUT2D eigenvalue weighted by atomic mass is 10.0. The van der Waals surface area contributed by atoms with Crippen molar-refractivity contribution in [3.8, 4) is 0 Å². The Morgan fingerprint density at radius 2 is 2.06 bits per heavy atom. The summed E-state index contributed by atoms with van der Waals surface area (Å²) in [6.07, 6.45) is 0.801. The van der Waals surface area contributed by atoms with Gasteiger partial charge in [0.05, 0.1) is 6.04 Å². The number of rotatable bonds is 5. The van der Waals surface area contributed by atoms with Crippen molar-refractivity contribution in [2.45, 2.75) is 25.8 Å². The molecule has 0 spiro atoms. The Morgan fingerprint density at radius 3 is 2.56 bits per heavy atom. The molecule has 0 aliphatic carbocycles. The second kappa shape index (κ2) is 5.70. The number of ketones is 1. The van der Waals surface area contributed by atoms with Gasteiger partial charge in [-0.25, -0.2) is 8.78 Å². The summed E-state index contributed by atoms with van der Waals surface area (Å²) >= 11 is 0. The van der Waals surface area contributed by atoms with E-state index in [1.54, 1.807) is 14.0 Å². The second-order valence-corrected chi connectivity index (χ2v) is 3.61. The summed E-state index contributed by atoms with van der Waals surface area (Å²) < 4.78 is 25.6. The summed E-state index contributed by atoms with van der Waals surface area (Å²) in [6, 6.07) is 3.36. The van der Waals surface area contributed by atoms with Crippen molar-refractivity contribution in [3.05, 3.63) is 35.4 Å². The average molecular weight is 227 g/mol. The minimum atomic E-state index is -0.878. The monoisotopic (exact) mass is 227 g/mol. The van der Waals surface area contributed by atoms with Crippen molar-refractivity contribution in [2.75, 3.05) is 7.05 Å². The summed E-state index contributed by atoms with van der Waals surface area (Å²) in [5.74, 6) is -1.69. The number of hydrogen-bond donors (Lipinski definition) is 1. The lowest BCUT2D eigenvalue weighted by Crippen LogP contribution is -2.35. The van der Waals surface area contributed by atoms with Crippen LogP contribution in [-0.2, 0) is 11.2 Å². The third kappa shape index (κ3) is 3.10. The maximum Gasteiger partial charge on any atom is 0.159 e. The first-order valence-electron chi connectivity index (χ1n) is 5.22. The highest BCUT2D eigenvalue weighted by atomic mass is 19.2. The van der Waals surface area contributed by atoms with Gasteiger partial charge in [-0.3, -0.25) is 4.79 Å². The first-order valence-corrected chi connectivity index (χ1v) is 5.22. The molecule has 16 heavy (non-hydrogen) atoms. The Bertz CT molecular complexity index is 379. The van der Waals surface area contributed by atoms with E-state index in [1.165, 1.54) is 6.07 Å². The van der Waals surface area contributed by atoms with Crippen LogP contribution < -0.4 is 5.32 Å². The van der Waals surface area contributed by atoms with Gasteiger partial charge < -0.3 is 5.32 Å². The quantitative estimate of drug-likeness (QED) is 0.834. The molecule has 0 aliphatic heterocycles. The molecule has 1 unspecified atom stereocenters. The lowest BCUT2D eigenvalue weighted by Gasteiger charge is -2.14. The first kappa shape index (κ1) is 12.8. The highest BCUT2D eigenvalue weighted by Crippen LogP contribution is 2.11. The number of halogens is 2. The fourth-order valence-electron chi connectivity index (χ4n) is 1.53. The fraction of sp³-hybridized carbons (Fsp3) is 0.417. The Labute approximate surface area is 93.7 Å². The molecule has 2 nitrogen and oxygen atoms in total. The molecule has 1 atom stereocenters. The van der Waals surface area contributed by atoms with Crippen LogP contribution in [-0.4, -0.2) is 18.9 Å². The van der Waals surface area contributed by atoms with Crippen LogP contribution in [0.1, 0.15) is 18.9 Å². The Kier molecular flexibility index (Phi) is 4.55. The summed E-state index contributed by atoms with van der Waals surface area (Å²) in [5, 5.41) is 2.87. The molecule has 4 heteroatoms. The molecule has 1 N–H and O–H groups in total. The Morgan fingerprint density at radius 1 is 1.38 bits per heavy atom. The molecule has 0 saturated carbocycles. The topological polar surface area (TPSA) is 29.1 Å². The number of benzene rings is 1. The van der Waals surface area contributed by atoms with Gasteiger partial charge >= 0.3 is 0 Å². The van der Waals surface area contributed by atoms with Gasteiger partial charge in [0, 0.05) is 6.42 Å². The molecule has 0 bridgehead atoms. The maximum atomic E-state index is 12.9. The van der Waals surface area contributed by atoms with E-state index in [1.807, 2.05) is 0 Å². The zero-order valence-electron chi connectivity index (χ0n) is 9.39. The van der Waals surface area contributed by atoms with E-state index in [4.69, 9.17) is 0 Å². The summed E-state index contributed by atoms with van der Waals surface area (Å²) in [7, 11) is 1.68. The van der Waals surface area contributed by atoms with Crippen LogP contribution in [0.5, 0.6) is 0 Å². The van der Waals surface area contributed by atoms with Gasteiger partial charge in [-0.15, -0.1) is 0 Å². The molecule has 0 aliphatic rings. The number of hydrogen-bond acceptors (Lipinski definition) is 2. The molecule has 0 radical (unpaired) electrons. The van der Waals surface area contributed by atoms with Gasteiger partial charge in [0.15, 0.2) is 11.6 Å². The molecular formula is C12H15F2NO. The van der Waals surface area contributed by atoms with E-state index in [-0.39, 0.29) is 11.8 Å². The molecule has 1 rings (SSSR count). The van der Waals surface area contributed by atoms with Crippen LogP contribution in [0.4, 0.5) is 8.78 Å². The van der Waals surface area contributed by atoms with Gasteiger partial charge in [0.1, 0.15) is 5.78 Å². The molecule has 1 aromatic carbocycles. The largest absolute Gasteiger partial charge is 0.310 e. The number of likely N-dealkylation sites (N-methyl/N-ethyl adjacent to an activating group) is 1. The Balaban J connectivity index is 2.78. The molecule has 0 saturated heterocycles. The van der Waals surface area contributed by atoms with Crippen LogP contribution in [0.3, 0.4) is 0 Å². The average Bonchev–Trinajstić information content (AvgIpc) is 2.29. The van der Waals surface area contributed by atoms with Crippen LogP contribution in [0.25, 0.3) is 0 Å². The predicted octanol–water partition coefficient (Wildman–Crippen LogP) is 2.07. The number of nitrogens with one attached hydrogen (secondary N) is 1. The Hall–Kier alpha value is -1.29. The van der Waals surface area contributed by atoms with E-state index in [0.29, 0.717) is 18.4 Å². The molecule has 1 aromatic rings. The fourth-order valence-corrected chi connectivity index (χ4v) is 1.53. The highest BCUT2D eigenvalue weighted by Gasteiger charge is 2.15. The van der Waals surface area contributed by atoms with Crippen LogP contribution >= 0.6 is 0 Å². The maximum absolute atomic E-state index is 12.9. The van der Waals surface area contributed by atoms with Crippen LogP contribution in [0.2, 0.25) is 0 Å². The van der Waals surface area contributed by atoms with Gasteiger partial charge in [-0.2, -0.15) is 0 Å². The van der Waals surface area contributed by atoms with Crippen molar-refractivity contribution in [1.82, 2.24) is 5.32 Å². The zero-order chi connectivity index (χ0) is 12.1. The normalized spacial score (nSPS) is 12.5. The number of carbonyl (C=O) groups is 1. The SMILES string of the molecule is CCC(=O)C(Cc1ccc(F)c(F)c1)NC. The molecule has 0 aromatic heterocycles. The van der Waals surface area contributed by atoms with E-state index >= 15 is 0 Å². The van der Waals surface area contributed by atoms with E-state index in [9.17, 15) is 13.6 Å². The third-order valence-corrected chi connectivity index (χ3v) is 2.51. The van der Waals surface area contributed by atoms with Gasteiger partial charge in [-0.1, -0.05) is 13.0 Å². The molecule has 0 fully saturated rings. The second-order valence-electron chi connectivity index (χ2n) is 3.61. The number of Topliss-reactive ketones (excluding diaryl/α,β-unsaturated/α-hetero) is 1. The van der Waals surface area contributed by atoms with Crippen molar-refractivity contribution >= 4 is 5.78 Å². The zero-order valence-corrected chi connectivity index (χ0v) is 9.39. The third-order valence-electron chi connectivity index (χ3n) is 2.51. The van der Waals surface area contributed by atoms with Gasteiger partial charge in [-0.05, 0) is 31.2 Å². The lowest BCUT2D eigenvalue weighted by molar-refractivity contribution is -0.120. The van der Waals surface area contributed by atoms with E-state index in [2.05, 4.69) is 5.32 Å². The molecule has 88 valence electrons. The van der Waals surface area contributed by atoms with Crippen molar-refractivity contribution in [2.24, 2.45) is 0 Å². The van der Waals surface area contributed by atoms with Crippen molar-refractivity contribution in [3.63, 3.8) is 0 Å². The van der Waals surface area contributed by atoms with Crippen molar-refractivity contribution < 1.29 is 13.6 Å². The number of carbonyl (C=O) groups excluding carboxylic acids is 1. The van der Waals surface area contributed by atoms with E-state index < -0.39 is 11.6 Å². The minimum Gasteiger partial charge on any atom is -0.310 e.